The van der Waals surface area contributed by atoms with Gasteiger partial charge in [-0.1, -0.05) is 29.8 Å². The van der Waals surface area contributed by atoms with Gasteiger partial charge < -0.3 is 15.2 Å². The average Bonchev–Trinajstić information content (AvgIpc) is 2.53. The Hall–Kier alpha value is -1.99. The minimum Gasteiger partial charge on any atom is -0.480 e. The second-order valence-electron chi connectivity index (χ2n) is 4.69. The van der Waals surface area contributed by atoms with Gasteiger partial charge in [-0.3, -0.25) is 0 Å². The predicted molar refractivity (Wildman–Crippen MR) is 80.8 cm³/mol. The van der Waals surface area contributed by atoms with Crippen molar-refractivity contribution in [3.05, 3.63) is 52.7 Å². The number of methoxy groups -OCH3 is 1. The van der Waals surface area contributed by atoms with Crippen LogP contribution in [0.4, 0.5) is 18.9 Å². The summed E-state index contributed by atoms with van der Waals surface area (Å²) in [5.41, 5.74) is -4.12. The molecule has 2 N–H and O–H groups in total. The van der Waals surface area contributed by atoms with Gasteiger partial charge in [0.1, 0.15) is 5.02 Å². The molecule has 0 radical (unpaired) electrons. The van der Waals surface area contributed by atoms with Crippen LogP contribution in [0.15, 0.2) is 36.5 Å². The summed E-state index contributed by atoms with van der Waals surface area (Å²) in [6.07, 6.45) is -3.92. The molecule has 0 bridgehead atoms. The Labute approximate surface area is 135 Å². The number of rotatable bonds is 4. The minimum atomic E-state index is -5.02. The van der Waals surface area contributed by atoms with Gasteiger partial charge in [-0.05, 0) is 12.1 Å². The lowest BCUT2D eigenvalue weighted by Gasteiger charge is -2.33. The molecular formula is C15H14ClF3N2O2. The number of nitrogens with one attached hydrogen (secondary N) is 1. The van der Waals surface area contributed by atoms with Gasteiger partial charge in [-0.2, -0.15) is 13.2 Å². The first-order valence-electron chi connectivity index (χ1n) is 6.52. The number of nitrogens with zero attached hydrogens (tertiary/aromatic N) is 1. The highest BCUT2D eigenvalue weighted by molar-refractivity contribution is 6.32. The SMILES string of the molecule is CNc1ccccc1C(O)(c1ccnc(OC)c1Cl)C(F)(F)F. The smallest absolute Gasteiger partial charge is 0.425 e. The summed E-state index contributed by atoms with van der Waals surface area (Å²) >= 11 is 5.98. The second-order valence-corrected chi connectivity index (χ2v) is 5.06. The Kier molecular flexibility index (Phi) is 4.72. The number of aliphatic hydroxyl groups is 1. The molecule has 1 aromatic heterocycles. The van der Waals surface area contributed by atoms with E-state index in [2.05, 4.69) is 10.3 Å². The fraction of sp³-hybridized carbons (Fsp3) is 0.267. The van der Waals surface area contributed by atoms with Crippen molar-refractivity contribution in [2.75, 3.05) is 19.5 Å². The third-order valence-electron chi connectivity index (χ3n) is 3.44. The molecule has 0 spiro atoms. The molecule has 23 heavy (non-hydrogen) atoms. The fourth-order valence-corrected chi connectivity index (χ4v) is 2.64. The predicted octanol–water partition coefficient (Wildman–Crippen LogP) is 3.58. The molecule has 0 amide bonds. The molecule has 0 aliphatic heterocycles. The molecule has 0 saturated heterocycles. The van der Waals surface area contributed by atoms with Gasteiger partial charge in [0.15, 0.2) is 0 Å². The van der Waals surface area contributed by atoms with Gasteiger partial charge >= 0.3 is 6.18 Å². The number of para-hydroxylation sites is 1. The quantitative estimate of drug-likeness (QED) is 0.888. The highest BCUT2D eigenvalue weighted by Crippen LogP contribution is 2.49. The monoisotopic (exact) mass is 346 g/mol. The van der Waals surface area contributed by atoms with E-state index in [9.17, 15) is 18.3 Å². The van der Waals surface area contributed by atoms with Gasteiger partial charge in [0, 0.05) is 30.1 Å². The maximum atomic E-state index is 13.8. The standard InChI is InChI=1S/C15H14ClF3N2O2/c1-20-11-6-4-3-5-9(11)14(22,15(17,18)19)10-7-8-21-13(23-2)12(10)16/h3-8,20,22H,1-2H3. The van der Waals surface area contributed by atoms with E-state index in [1.807, 2.05) is 0 Å². The number of alkyl halides is 3. The van der Waals surface area contributed by atoms with Crippen molar-refractivity contribution < 1.29 is 23.0 Å². The Morgan fingerprint density at radius 3 is 2.39 bits per heavy atom. The lowest BCUT2D eigenvalue weighted by Crippen LogP contribution is -2.44. The van der Waals surface area contributed by atoms with Crippen LogP contribution < -0.4 is 10.1 Å². The number of pyridine rings is 1. The summed E-state index contributed by atoms with van der Waals surface area (Å²) in [6, 6.07) is 6.59. The largest absolute Gasteiger partial charge is 0.480 e. The van der Waals surface area contributed by atoms with Crippen LogP contribution in [-0.4, -0.2) is 30.4 Å². The molecule has 0 aliphatic rings. The Balaban J connectivity index is 2.82. The van der Waals surface area contributed by atoms with E-state index in [0.717, 1.165) is 12.3 Å². The zero-order chi connectivity index (χ0) is 17.3. The van der Waals surface area contributed by atoms with Gasteiger partial charge in [0.05, 0.1) is 7.11 Å². The van der Waals surface area contributed by atoms with Crippen LogP contribution in [0.5, 0.6) is 5.88 Å². The van der Waals surface area contributed by atoms with Crippen LogP contribution in [-0.2, 0) is 5.60 Å². The van der Waals surface area contributed by atoms with Gasteiger partial charge in [0.25, 0.3) is 0 Å². The highest BCUT2D eigenvalue weighted by atomic mass is 35.5. The van der Waals surface area contributed by atoms with Crippen molar-refractivity contribution in [2.24, 2.45) is 0 Å². The van der Waals surface area contributed by atoms with Crippen LogP contribution in [0.1, 0.15) is 11.1 Å². The van der Waals surface area contributed by atoms with Crippen molar-refractivity contribution in [1.29, 1.82) is 0 Å². The Bertz CT molecular complexity index is 709. The number of anilines is 1. The van der Waals surface area contributed by atoms with E-state index in [1.54, 1.807) is 6.07 Å². The lowest BCUT2D eigenvalue weighted by atomic mass is 9.85. The van der Waals surface area contributed by atoms with Crippen molar-refractivity contribution in [2.45, 2.75) is 11.8 Å². The highest BCUT2D eigenvalue weighted by Gasteiger charge is 2.58. The topological polar surface area (TPSA) is 54.4 Å². The van der Waals surface area contributed by atoms with Crippen LogP contribution in [0, 0.1) is 0 Å². The lowest BCUT2D eigenvalue weighted by molar-refractivity contribution is -0.248. The van der Waals surface area contributed by atoms with E-state index in [0.29, 0.717) is 0 Å². The molecule has 0 fully saturated rings. The molecule has 1 heterocycles. The number of aromatic nitrogens is 1. The van der Waals surface area contributed by atoms with E-state index in [4.69, 9.17) is 16.3 Å². The number of benzene rings is 1. The third-order valence-corrected chi connectivity index (χ3v) is 3.80. The number of ether oxygens (including phenoxy) is 1. The van der Waals surface area contributed by atoms with Gasteiger partial charge in [-0.25, -0.2) is 4.98 Å². The maximum absolute atomic E-state index is 13.8. The summed E-state index contributed by atoms with van der Waals surface area (Å²) in [5.74, 6) is -0.200. The molecular weight excluding hydrogens is 333 g/mol. The molecule has 0 aliphatic carbocycles. The van der Waals surface area contributed by atoms with Gasteiger partial charge in [-0.15, -0.1) is 0 Å². The maximum Gasteiger partial charge on any atom is 0.425 e. The van der Waals surface area contributed by atoms with Crippen LogP contribution >= 0.6 is 11.6 Å². The first kappa shape index (κ1) is 17.4. The van der Waals surface area contributed by atoms with Crippen LogP contribution in [0.3, 0.4) is 0 Å². The Morgan fingerprint density at radius 1 is 1.17 bits per heavy atom. The second kappa shape index (κ2) is 6.25. The molecule has 1 unspecified atom stereocenters. The van der Waals surface area contributed by atoms with Crippen LogP contribution in [0.2, 0.25) is 5.02 Å². The van der Waals surface area contributed by atoms with Crippen molar-refractivity contribution >= 4 is 17.3 Å². The fourth-order valence-electron chi connectivity index (χ4n) is 2.31. The molecule has 4 nitrogen and oxygen atoms in total. The van der Waals surface area contributed by atoms with E-state index in [1.165, 1.54) is 32.4 Å². The average molecular weight is 347 g/mol. The van der Waals surface area contributed by atoms with E-state index < -0.39 is 22.4 Å². The molecule has 1 aromatic carbocycles. The number of halogens is 4. The molecule has 2 rings (SSSR count). The summed E-state index contributed by atoms with van der Waals surface area (Å²) < 4.78 is 46.3. The summed E-state index contributed by atoms with van der Waals surface area (Å²) in [4.78, 5) is 3.74. The first-order chi connectivity index (χ1) is 10.8. The molecule has 124 valence electrons. The Morgan fingerprint density at radius 2 is 1.83 bits per heavy atom. The third kappa shape index (κ3) is 2.82. The van der Waals surface area contributed by atoms with E-state index in [-0.39, 0.29) is 17.1 Å². The summed E-state index contributed by atoms with van der Waals surface area (Å²) in [7, 11) is 2.69. The molecule has 8 heteroatoms. The summed E-state index contributed by atoms with van der Waals surface area (Å²) in [6.45, 7) is 0. The molecule has 0 saturated carbocycles. The zero-order valence-corrected chi connectivity index (χ0v) is 13.0. The van der Waals surface area contributed by atoms with Crippen molar-refractivity contribution in [3.63, 3.8) is 0 Å². The zero-order valence-electron chi connectivity index (χ0n) is 12.3. The number of hydrogen-bond donors (Lipinski definition) is 2. The van der Waals surface area contributed by atoms with Gasteiger partial charge in [0.2, 0.25) is 11.5 Å². The molecule has 1 atom stereocenters. The normalized spacial score (nSPS) is 14.2. The van der Waals surface area contributed by atoms with Crippen LogP contribution in [0.25, 0.3) is 0 Å². The van der Waals surface area contributed by atoms with Crippen molar-refractivity contribution in [3.8, 4) is 5.88 Å². The minimum absolute atomic E-state index is 0.124. The van der Waals surface area contributed by atoms with E-state index >= 15 is 0 Å². The first-order valence-corrected chi connectivity index (χ1v) is 6.90. The number of hydrogen-bond acceptors (Lipinski definition) is 4. The summed E-state index contributed by atoms with van der Waals surface area (Å²) in [5, 5.41) is 12.9. The van der Waals surface area contributed by atoms with Crippen molar-refractivity contribution in [1.82, 2.24) is 4.98 Å². The molecule has 2 aromatic rings.